The Morgan fingerprint density at radius 1 is 1.13 bits per heavy atom. The molecule has 15 heavy (non-hydrogen) atoms. The van der Waals surface area contributed by atoms with E-state index in [4.69, 9.17) is 17.2 Å². The van der Waals surface area contributed by atoms with Crippen molar-refractivity contribution in [3.63, 3.8) is 0 Å². The number of nitrogens with two attached hydrogens (primary N) is 3. The van der Waals surface area contributed by atoms with Crippen LogP contribution in [-0.4, -0.2) is 30.5 Å². The van der Waals surface area contributed by atoms with E-state index in [1.165, 1.54) is 0 Å². The average Bonchev–Trinajstić information content (AvgIpc) is 2.15. The first-order valence-electron chi connectivity index (χ1n) is 5.48. The molecule has 0 aliphatic rings. The maximum atomic E-state index is 5.69. The minimum absolute atomic E-state index is 0.0130. The van der Waals surface area contributed by atoms with Crippen LogP contribution in [-0.2, 0) is 0 Å². The molecule has 0 radical (unpaired) electrons. The smallest absolute Gasteiger partial charge is 0.0703 e. The van der Waals surface area contributed by atoms with Crippen LogP contribution in [0.25, 0.3) is 0 Å². The molecule has 5 nitrogen and oxygen atoms in total. The third-order valence-electron chi connectivity index (χ3n) is 3.08. The molecule has 0 amide bonds. The van der Waals surface area contributed by atoms with Gasteiger partial charge in [-0.1, -0.05) is 6.92 Å². The van der Waals surface area contributed by atoms with Crippen LogP contribution in [0.1, 0.15) is 34.1 Å². The summed E-state index contributed by atoms with van der Waals surface area (Å²) in [6, 6.07) is 0. The molecular formula is C10H27N5. The van der Waals surface area contributed by atoms with Crippen LogP contribution >= 0.6 is 0 Å². The van der Waals surface area contributed by atoms with Crippen LogP contribution in [0, 0.1) is 0 Å². The highest BCUT2D eigenvalue weighted by atomic mass is 15.1. The minimum Gasteiger partial charge on any atom is -0.318 e. The van der Waals surface area contributed by atoms with E-state index in [9.17, 15) is 0 Å². The highest BCUT2D eigenvalue weighted by Crippen LogP contribution is 2.10. The van der Waals surface area contributed by atoms with Crippen LogP contribution in [0.15, 0.2) is 0 Å². The molecule has 1 atom stereocenters. The third-order valence-corrected chi connectivity index (χ3v) is 3.08. The minimum atomic E-state index is -0.378. The Kier molecular flexibility index (Phi) is 5.69. The third kappa shape index (κ3) is 4.90. The van der Waals surface area contributed by atoms with Gasteiger partial charge in [-0.15, -0.1) is 0 Å². The van der Waals surface area contributed by atoms with E-state index in [2.05, 4.69) is 24.5 Å². The summed E-state index contributed by atoms with van der Waals surface area (Å²) in [6.07, 6.45) is 0.615. The molecule has 1 unspecified atom stereocenters. The summed E-state index contributed by atoms with van der Waals surface area (Å²) < 4.78 is 0. The first kappa shape index (κ1) is 14.8. The summed E-state index contributed by atoms with van der Waals surface area (Å²) in [5.41, 5.74) is 16.6. The Morgan fingerprint density at radius 3 is 2.00 bits per heavy atom. The second-order valence-corrected chi connectivity index (χ2v) is 4.90. The van der Waals surface area contributed by atoms with Crippen LogP contribution in [0.3, 0.4) is 0 Å². The van der Waals surface area contributed by atoms with Crippen molar-refractivity contribution in [1.82, 2.24) is 10.6 Å². The van der Waals surface area contributed by atoms with Crippen LogP contribution in [0.2, 0.25) is 0 Å². The van der Waals surface area contributed by atoms with Crippen molar-refractivity contribution in [2.45, 2.75) is 51.4 Å². The molecule has 5 heteroatoms. The number of rotatable bonds is 7. The van der Waals surface area contributed by atoms with Gasteiger partial charge in [0, 0.05) is 24.3 Å². The summed E-state index contributed by atoms with van der Waals surface area (Å²) in [5.74, 6) is 0. The molecule has 0 bridgehead atoms. The van der Waals surface area contributed by atoms with Gasteiger partial charge in [0.1, 0.15) is 0 Å². The molecule has 0 aliphatic carbocycles. The fraction of sp³-hybridized carbons (Fsp3) is 1.00. The number of nitrogens with one attached hydrogen (secondary N) is 2. The topological polar surface area (TPSA) is 102 Å². The van der Waals surface area contributed by atoms with Gasteiger partial charge in [0.2, 0.25) is 0 Å². The molecule has 0 aromatic rings. The molecule has 0 aromatic heterocycles. The predicted molar refractivity (Wildman–Crippen MR) is 65.1 cm³/mol. The van der Waals surface area contributed by atoms with E-state index >= 15 is 0 Å². The van der Waals surface area contributed by atoms with E-state index in [0.717, 1.165) is 13.0 Å². The molecule has 0 aromatic carbocycles. The molecule has 0 saturated heterocycles. The summed E-state index contributed by atoms with van der Waals surface area (Å²) in [7, 11) is 0. The van der Waals surface area contributed by atoms with Crippen molar-refractivity contribution in [1.29, 1.82) is 0 Å². The molecule has 0 spiro atoms. The lowest BCUT2D eigenvalue weighted by Crippen LogP contribution is -2.63. The molecule has 0 aliphatic heterocycles. The van der Waals surface area contributed by atoms with Crippen molar-refractivity contribution >= 4 is 0 Å². The van der Waals surface area contributed by atoms with Crippen molar-refractivity contribution in [2.75, 3.05) is 13.2 Å². The van der Waals surface area contributed by atoms with Gasteiger partial charge in [-0.25, -0.2) is 0 Å². The second-order valence-electron chi connectivity index (χ2n) is 4.90. The first-order chi connectivity index (χ1) is 6.77. The van der Waals surface area contributed by atoms with Gasteiger partial charge in [-0.3, -0.25) is 5.32 Å². The van der Waals surface area contributed by atoms with Crippen molar-refractivity contribution in [2.24, 2.45) is 17.2 Å². The summed E-state index contributed by atoms with van der Waals surface area (Å²) in [5, 5.41) is 6.62. The van der Waals surface area contributed by atoms with Gasteiger partial charge < -0.3 is 22.5 Å². The largest absolute Gasteiger partial charge is 0.318 e. The highest BCUT2D eigenvalue weighted by molar-refractivity contribution is 4.91. The van der Waals surface area contributed by atoms with Gasteiger partial charge in [0.15, 0.2) is 0 Å². The molecule has 92 valence electrons. The Morgan fingerprint density at radius 2 is 1.67 bits per heavy atom. The fourth-order valence-corrected chi connectivity index (χ4v) is 1.10. The van der Waals surface area contributed by atoms with Crippen LogP contribution in [0.5, 0.6) is 0 Å². The Bertz CT molecular complexity index is 181. The monoisotopic (exact) mass is 217 g/mol. The predicted octanol–water partition coefficient (Wildman–Crippen LogP) is -0.727. The van der Waals surface area contributed by atoms with Gasteiger partial charge in [-0.05, 0) is 27.2 Å². The summed E-state index contributed by atoms with van der Waals surface area (Å²) in [4.78, 5) is 0. The van der Waals surface area contributed by atoms with Crippen molar-refractivity contribution < 1.29 is 0 Å². The van der Waals surface area contributed by atoms with Crippen LogP contribution in [0.4, 0.5) is 0 Å². The quantitative estimate of drug-likeness (QED) is 0.362. The maximum absolute atomic E-state index is 5.69. The van der Waals surface area contributed by atoms with E-state index < -0.39 is 0 Å². The van der Waals surface area contributed by atoms with E-state index in [1.807, 2.05) is 13.8 Å². The number of hydrogen-bond donors (Lipinski definition) is 5. The van der Waals surface area contributed by atoms with E-state index in [0.29, 0.717) is 6.67 Å². The van der Waals surface area contributed by atoms with Gasteiger partial charge in [-0.2, -0.15) is 0 Å². The zero-order chi connectivity index (χ0) is 12.1. The first-order valence-corrected chi connectivity index (χ1v) is 5.48. The Labute approximate surface area is 93.1 Å². The molecule has 8 N–H and O–H groups in total. The Hall–Kier alpha value is -0.200. The lowest BCUT2D eigenvalue weighted by molar-refractivity contribution is 0.254. The van der Waals surface area contributed by atoms with Gasteiger partial charge >= 0.3 is 0 Å². The van der Waals surface area contributed by atoms with Gasteiger partial charge in [0.25, 0.3) is 0 Å². The molecule has 0 rings (SSSR count). The fourth-order valence-electron chi connectivity index (χ4n) is 1.10. The van der Waals surface area contributed by atoms with E-state index in [1.54, 1.807) is 0 Å². The van der Waals surface area contributed by atoms with E-state index in [-0.39, 0.29) is 17.2 Å². The van der Waals surface area contributed by atoms with Crippen LogP contribution < -0.4 is 27.8 Å². The molecule has 0 fully saturated rings. The second kappa shape index (κ2) is 5.77. The van der Waals surface area contributed by atoms with Crippen molar-refractivity contribution in [3.8, 4) is 0 Å². The lowest BCUT2D eigenvalue weighted by Gasteiger charge is -2.36. The zero-order valence-corrected chi connectivity index (χ0v) is 10.4. The zero-order valence-electron chi connectivity index (χ0n) is 10.4. The summed E-state index contributed by atoms with van der Waals surface area (Å²) in [6.45, 7) is 9.51. The summed E-state index contributed by atoms with van der Waals surface area (Å²) >= 11 is 0. The SMILES string of the molecule is CCC(C)(CNC(C)(C)C(N)N)NCN. The average molecular weight is 217 g/mol. The Balaban J connectivity index is 4.22. The van der Waals surface area contributed by atoms with Gasteiger partial charge in [0.05, 0.1) is 6.17 Å². The lowest BCUT2D eigenvalue weighted by atomic mass is 9.95. The molecular weight excluding hydrogens is 190 g/mol. The number of hydrogen-bond acceptors (Lipinski definition) is 5. The van der Waals surface area contributed by atoms with Crippen molar-refractivity contribution in [3.05, 3.63) is 0 Å². The normalized spacial score (nSPS) is 16.8. The standard InChI is InChI=1S/C10H27N5/c1-5-10(4,15-7-11)6-14-9(2,3)8(12)13/h8,14-15H,5-7,11-13H2,1-4H3. The molecule has 0 heterocycles. The highest BCUT2D eigenvalue weighted by Gasteiger charge is 2.27. The maximum Gasteiger partial charge on any atom is 0.0703 e. The molecule has 0 saturated carbocycles.